The first-order valence-electron chi connectivity index (χ1n) is 10.7. The first-order chi connectivity index (χ1) is 14.7. The summed E-state index contributed by atoms with van der Waals surface area (Å²) < 4.78 is 5.19. The maximum absolute atomic E-state index is 5.19. The number of hydrogen-bond acceptors (Lipinski definition) is 3. The Kier molecular flexibility index (Phi) is 5.01. The lowest BCUT2D eigenvalue weighted by molar-refractivity contribution is 0.398. The Morgan fingerprint density at radius 3 is 2.67 bits per heavy atom. The van der Waals surface area contributed by atoms with Gasteiger partial charge in [0.25, 0.3) is 0 Å². The molecule has 4 heteroatoms. The lowest BCUT2D eigenvalue weighted by Crippen LogP contribution is -2.27. The zero-order valence-corrected chi connectivity index (χ0v) is 17.5. The van der Waals surface area contributed by atoms with E-state index in [4.69, 9.17) is 4.74 Å². The molecule has 0 saturated carbocycles. The zero-order valence-electron chi connectivity index (χ0n) is 17.5. The summed E-state index contributed by atoms with van der Waals surface area (Å²) in [7, 11) is 1.64. The van der Waals surface area contributed by atoms with Crippen LogP contribution in [0.5, 0.6) is 5.88 Å². The second-order valence-corrected chi connectivity index (χ2v) is 8.11. The molecule has 0 aliphatic heterocycles. The van der Waals surface area contributed by atoms with Crippen LogP contribution < -0.4 is 10.1 Å². The molecule has 2 atom stereocenters. The van der Waals surface area contributed by atoms with E-state index in [0.717, 1.165) is 18.4 Å². The SMILES string of the molecule is COc1ccc(-c2ccc3[nH]c4c(c3c2)CCCC4N[C@H](C)c2ccccc2)cn1. The van der Waals surface area contributed by atoms with Gasteiger partial charge in [0.15, 0.2) is 0 Å². The van der Waals surface area contributed by atoms with Crippen LogP contribution in [-0.4, -0.2) is 17.1 Å². The predicted octanol–water partition coefficient (Wildman–Crippen LogP) is 5.97. The van der Waals surface area contributed by atoms with E-state index in [2.05, 4.69) is 76.8 Å². The third-order valence-electron chi connectivity index (χ3n) is 6.24. The van der Waals surface area contributed by atoms with E-state index in [1.165, 1.54) is 39.7 Å². The number of aromatic nitrogens is 2. The molecule has 152 valence electrons. The Morgan fingerprint density at radius 1 is 1.07 bits per heavy atom. The summed E-state index contributed by atoms with van der Waals surface area (Å²) in [5.74, 6) is 0.639. The van der Waals surface area contributed by atoms with Crippen LogP contribution in [0, 0.1) is 0 Å². The van der Waals surface area contributed by atoms with Crippen molar-refractivity contribution in [1.29, 1.82) is 0 Å². The molecule has 1 aliphatic rings. The summed E-state index contributed by atoms with van der Waals surface area (Å²) >= 11 is 0. The van der Waals surface area contributed by atoms with E-state index < -0.39 is 0 Å². The average molecular weight is 398 g/mol. The number of rotatable bonds is 5. The molecule has 2 aromatic carbocycles. The number of hydrogen-bond donors (Lipinski definition) is 2. The van der Waals surface area contributed by atoms with E-state index in [1.54, 1.807) is 7.11 Å². The van der Waals surface area contributed by atoms with Crippen molar-refractivity contribution in [3.63, 3.8) is 0 Å². The fourth-order valence-electron chi connectivity index (χ4n) is 4.62. The summed E-state index contributed by atoms with van der Waals surface area (Å²) in [5.41, 5.74) is 7.64. The molecule has 0 saturated heterocycles. The number of fused-ring (bicyclic) bond motifs is 3. The van der Waals surface area contributed by atoms with E-state index >= 15 is 0 Å². The van der Waals surface area contributed by atoms with Gasteiger partial charge in [0.05, 0.1) is 7.11 Å². The minimum absolute atomic E-state index is 0.314. The highest BCUT2D eigenvalue weighted by Gasteiger charge is 2.25. The van der Waals surface area contributed by atoms with Gasteiger partial charge in [0, 0.05) is 46.5 Å². The number of ether oxygens (including phenoxy) is 1. The largest absolute Gasteiger partial charge is 0.481 e. The summed E-state index contributed by atoms with van der Waals surface area (Å²) in [6.07, 6.45) is 5.36. The van der Waals surface area contributed by atoms with Crippen molar-refractivity contribution in [2.45, 2.75) is 38.3 Å². The summed E-state index contributed by atoms with van der Waals surface area (Å²) in [6, 6.07) is 22.0. The van der Waals surface area contributed by atoms with Crippen molar-refractivity contribution in [2.75, 3.05) is 7.11 Å². The number of aryl methyl sites for hydroxylation is 1. The number of nitrogens with zero attached hydrogens (tertiary/aromatic N) is 1. The molecule has 0 fully saturated rings. The Hall–Kier alpha value is -3.11. The van der Waals surface area contributed by atoms with Gasteiger partial charge in [0.2, 0.25) is 5.88 Å². The van der Waals surface area contributed by atoms with Crippen molar-refractivity contribution in [1.82, 2.24) is 15.3 Å². The molecule has 2 aromatic heterocycles. The fourth-order valence-corrected chi connectivity index (χ4v) is 4.62. The van der Waals surface area contributed by atoms with Crippen LogP contribution in [0.15, 0.2) is 66.9 Å². The van der Waals surface area contributed by atoms with E-state index in [9.17, 15) is 0 Å². The molecule has 1 unspecified atom stereocenters. The van der Waals surface area contributed by atoms with Crippen molar-refractivity contribution >= 4 is 10.9 Å². The Morgan fingerprint density at radius 2 is 1.90 bits per heavy atom. The van der Waals surface area contributed by atoms with Gasteiger partial charge in [0.1, 0.15) is 0 Å². The Bertz CT molecular complexity index is 1150. The van der Waals surface area contributed by atoms with Crippen molar-refractivity contribution < 1.29 is 4.74 Å². The molecule has 4 nitrogen and oxygen atoms in total. The minimum atomic E-state index is 0.314. The lowest BCUT2D eigenvalue weighted by Gasteiger charge is -2.27. The monoisotopic (exact) mass is 397 g/mol. The Labute approximate surface area is 177 Å². The molecular weight excluding hydrogens is 370 g/mol. The smallest absolute Gasteiger partial charge is 0.212 e. The molecule has 2 N–H and O–H groups in total. The van der Waals surface area contributed by atoms with Gasteiger partial charge in [-0.25, -0.2) is 4.98 Å². The maximum atomic E-state index is 5.19. The highest BCUT2D eigenvalue weighted by Crippen LogP contribution is 2.37. The van der Waals surface area contributed by atoms with Gasteiger partial charge < -0.3 is 15.0 Å². The van der Waals surface area contributed by atoms with Crippen LogP contribution in [-0.2, 0) is 6.42 Å². The third kappa shape index (κ3) is 3.48. The van der Waals surface area contributed by atoms with Crippen molar-refractivity contribution in [2.24, 2.45) is 0 Å². The summed E-state index contributed by atoms with van der Waals surface area (Å²) in [6.45, 7) is 2.25. The quantitative estimate of drug-likeness (QED) is 0.436. The molecule has 0 bridgehead atoms. The molecule has 1 aliphatic carbocycles. The number of pyridine rings is 1. The number of aromatic amines is 1. The highest BCUT2D eigenvalue weighted by atomic mass is 16.5. The Balaban J connectivity index is 1.47. The normalized spacial score (nSPS) is 16.9. The molecule has 4 aromatic rings. The van der Waals surface area contributed by atoms with Crippen LogP contribution in [0.1, 0.15) is 48.7 Å². The van der Waals surface area contributed by atoms with Gasteiger partial charge in [-0.15, -0.1) is 0 Å². The fraction of sp³-hybridized carbons (Fsp3) is 0.269. The molecule has 30 heavy (non-hydrogen) atoms. The van der Waals surface area contributed by atoms with Crippen LogP contribution in [0.25, 0.3) is 22.0 Å². The number of nitrogens with one attached hydrogen (secondary N) is 2. The van der Waals surface area contributed by atoms with Crippen LogP contribution in [0.4, 0.5) is 0 Å². The van der Waals surface area contributed by atoms with E-state index in [0.29, 0.717) is 18.0 Å². The lowest BCUT2D eigenvalue weighted by atomic mass is 9.90. The first-order valence-corrected chi connectivity index (χ1v) is 10.7. The molecule has 0 amide bonds. The van der Waals surface area contributed by atoms with Crippen molar-refractivity contribution in [3.05, 3.63) is 83.7 Å². The van der Waals surface area contributed by atoms with Gasteiger partial charge >= 0.3 is 0 Å². The molecule has 5 rings (SSSR count). The predicted molar refractivity (Wildman–Crippen MR) is 122 cm³/mol. The van der Waals surface area contributed by atoms with Gasteiger partial charge in [-0.3, -0.25) is 0 Å². The van der Waals surface area contributed by atoms with E-state index in [1.807, 2.05) is 12.3 Å². The zero-order chi connectivity index (χ0) is 20.5. The minimum Gasteiger partial charge on any atom is -0.481 e. The molecule has 0 spiro atoms. The van der Waals surface area contributed by atoms with E-state index in [-0.39, 0.29) is 0 Å². The van der Waals surface area contributed by atoms with Crippen LogP contribution >= 0.6 is 0 Å². The molecular formula is C26H27N3O. The van der Waals surface area contributed by atoms with Gasteiger partial charge in [-0.1, -0.05) is 36.4 Å². The summed E-state index contributed by atoms with van der Waals surface area (Å²) in [4.78, 5) is 8.08. The van der Waals surface area contributed by atoms with Crippen molar-refractivity contribution in [3.8, 4) is 17.0 Å². The third-order valence-corrected chi connectivity index (χ3v) is 6.24. The standard InChI is InChI=1S/C26H27N3O/c1-17(18-7-4-3-5-8-18)28-24-10-6-9-21-22-15-19(11-13-23(22)29-26(21)24)20-12-14-25(30-2)27-16-20/h3-5,7-8,11-17,24,28-29H,6,9-10H2,1-2H3/t17-,24?/m1/s1. The first kappa shape index (κ1) is 18.9. The van der Waals surface area contributed by atoms with Gasteiger partial charge in [-0.05, 0) is 61.1 Å². The molecule has 0 radical (unpaired) electrons. The second kappa shape index (κ2) is 7.96. The molecule has 2 heterocycles. The van der Waals surface area contributed by atoms with Gasteiger partial charge in [-0.2, -0.15) is 0 Å². The average Bonchev–Trinajstić information content (AvgIpc) is 3.19. The number of benzene rings is 2. The second-order valence-electron chi connectivity index (χ2n) is 8.11. The number of methoxy groups -OCH3 is 1. The maximum Gasteiger partial charge on any atom is 0.212 e. The van der Waals surface area contributed by atoms with Crippen LogP contribution in [0.3, 0.4) is 0 Å². The topological polar surface area (TPSA) is 49.9 Å². The highest BCUT2D eigenvalue weighted by molar-refractivity contribution is 5.89. The summed E-state index contributed by atoms with van der Waals surface area (Å²) in [5, 5.41) is 5.19. The number of H-pyrrole nitrogens is 1. The van der Waals surface area contributed by atoms with Crippen LogP contribution in [0.2, 0.25) is 0 Å².